The molecule has 2 rings (SSSR count). The number of aryl methyl sites for hydroxylation is 1. The van der Waals surface area contributed by atoms with Gasteiger partial charge in [0, 0.05) is 5.56 Å². The summed E-state index contributed by atoms with van der Waals surface area (Å²) in [6.07, 6.45) is 0. The van der Waals surface area contributed by atoms with Crippen LogP contribution in [-0.4, -0.2) is 18.5 Å². The monoisotopic (exact) mass is 286 g/mol. The molecule has 0 saturated carbocycles. The smallest absolute Gasteiger partial charge is 0.204 e. The lowest BCUT2D eigenvalue weighted by atomic mass is 10.1. The summed E-state index contributed by atoms with van der Waals surface area (Å²) in [5.41, 5.74) is 2.33. The standard InChI is InChI=1S/C11H13BrO2.C2H6/c1-9-2-4-10(5-3-9)11(8-12)13-6-7-14-11;1-2/h2-5H,6-8H2,1H3;1-2H3. The normalized spacial score (nSPS) is 17.8. The van der Waals surface area contributed by atoms with Gasteiger partial charge in [-0.3, -0.25) is 0 Å². The molecule has 1 aliphatic heterocycles. The molecule has 0 bridgehead atoms. The van der Waals surface area contributed by atoms with Crippen LogP contribution in [0.1, 0.15) is 25.0 Å². The lowest BCUT2D eigenvalue weighted by molar-refractivity contribution is -0.144. The molecule has 1 saturated heterocycles. The van der Waals surface area contributed by atoms with Crippen LogP contribution in [0.4, 0.5) is 0 Å². The van der Waals surface area contributed by atoms with E-state index in [1.807, 2.05) is 13.8 Å². The minimum Gasteiger partial charge on any atom is -0.343 e. The molecule has 0 aliphatic carbocycles. The summed E-state index contributed by atoms with van der Waals surface area (Å²) in [5.74, 6) is -0.562. The molecule has 0 amide bonds. The number of benzene rings is 1. The Labute approximate surface area is 106 Å². The number of hydrogen-bond acceptors (Lipinski definition) is 2. The topological polar surface area (TPSA) is 18.5 Å². The van der Waals surface area contributed by atoms with Gasteiger partial charge in [0.25, 0.3) is 0 Å². The van der Waals surface area contributed by atoms with Crippen molar-refractivity contribution in [1.82, 2.24) is 0 Å². The van der Waals surface area contributed by atoms with Crippen molar-refractivity contribution in [1.29, 1.82) is 0 Å². The fraction of sp³-hybridized carbons (Fsp3) is 0.538. The largest absolute Gasteiger partial charge is 0.343 e. The van der Waals surface area contributed by atoms with Gasteiger partial charge in [0.2, 0.25) is 5.79 Å². The summed E-state index contributed by atoms with van der Waals surface area (Å²) in [6, 6.07) is 8.26. The summed E-state index contributed by atoms with van der Waals surface area (Å²) in [5, 5.41) is 0.670. The van der Waals surface area contributed by atoms with Gasteiger partial charge >= 0.3 is 0 Å². The van der Waals surface area contributed by atoms with Crippen molar-refractivity contribution in [2.45, 2.75) is 26.6 Å². The van der Waals surface area contributed by atoms with E-state index in [0.29, 0.717) is 18.5 Å². The maximum absolute atomic E-state index is 5.65. The van der Waals surface area contributed by atoms with Gasteiger partial charge in [-0.1, -0.05) is 59.6 Å². The Morgan fingerprint density at radius 2 is 1.62 bits per heavy atom. The van der Waals surface area contributed by atoms with E-state index in [1.165, 1.54) is 5.56 Å². The Kier molecular flexibility index (Phi) is 5.46. The molecule has 1 aromatic carbocycles. The van der Waals surface area contributed by atoms with E-state index in [0.717, 1.165) is 5.56 Å². The van der Waals surface area contributed by atoms with Gasteiger partial charge in [-0.05, 0) is 6.92 Å². The van der Waals surface area contributed by atoms with Crippen molar-refractivity contribution >= 4 is 15.9 Å². The minimum absolute atomic E-state index is 0.562. The molecule has 1 aliphatic rings. The van der Waals surface area contributed by atoms with Crippen molar-refractivity contribution in [3.63, 3.8) is 0 Å². The number of halogens is 1. The Morgan fingerprint density at radius 1 is 1.12 bits per heavy atom. The van der Waals surface area contributed by atoms with E-state index < -0.39 is 5.79 Å². The Balaban J connectivity index is 0.000000606. The zero-order valence-corrected chi connectivity index (χ0v) is 11.7. The molecule has 1 heterocycles. The van der Waals surface area contributed by atoms with Crippen LogP contribution in [0.15, 0.2) is 24.3 Å². The van der Waals surface area contributed by atoms with E-state index in [4.69, 9.17) is 9.47 Å². The highest BCUT2D eigenvalue weighted by Crippen LogP contribution is 2.33. The second kappa shape index (κ2) is 6.38. The zero-order chi connectivity index (χ0) is 12.0. The average Bonchev–Trinajstić information content (AvgIpc) is 2.82. The third-order valence-corrected chi connectivity index (χ3v) is 3.16. The van der Waals surface area contributed by atoms with E-state index in [-0.39, 0.29) is 0 Å². The molecule has 1 fully saturated rings. The lowest BCUT2D eigenvalue weighted by Crippen LogP contribution is -2.28. The molecule has 2 nitrogen and oxygen atoms in total. The number of rotatable bonds is 2. The first-order chi connectivity index (χ1) is 7.77. The van der Waals surface area contributed by atoms with Crippen LogP contribution in [0.2, 0.25) is 0 Å². The van der Waals surface area contributed by atoms with E-state index in [9.17, 15) is 0 Å². The molecule has 0 atom stereocenters. The van der Waals surface area contributed by atoms with Gasteiger partial charge < -0.3 is 9.47 Å². The summed E-state index contributed by atoms with van der Waals surface area (Å²) in [4.78, 5) is 0. The van der Waals surface area contributed by atoms with Gasteiger partial charge in [0.05, 0.1) is 18.5 Å². The average molecular weight is 287 g/mol. The van der Waals surface area contributed by atoms with Gasteiger partial charge in [-0.15, -0.1) is 0 Å². The second-order valence-electron chi connectivity index (χ2n) is 3.45. The fourth-order valence-corrected chi connectivity index (χ4v) is 2.23. The Hall–Kier alpha value is -0.380. The summed E-state index contributed by atoms with van der Waals surface area (Å²) in [6.45, 7) is 7.40. The minimum atomic E-state index is -0.562. The van der Waals surface area contributed by atoms with Crippen LogP contribution in [0.5, 0.6) is 0 Å². The van der Waals surface area contributed by atoms with E-state index in [1.54, 1.807) is 0 Å². The molecular formula is C13H19BrO2. The molecular weight excluding hydrogens is 268 g/mol. The molecule has 0 radical (unpaired) electrons. The number of ether oxygens (including phenoxy) is 2. The summed E-state index contributed by atoms with van der Waals surface area (Å²) < 4.78 is 11.3. The third-order valence-electron chi connectivity index (χ3n) is 2.42. The predicted molar refractivity (Wildman–Crippen MR) is 69.9 cm³/mol. The number of alkyl halides is 1. The lowest BCUT2D eigenvalue weighted by Gasteiger charge is -2.25. The van der Waals surface area contributed by atoms with Crippen LogP contribution in [0, 0.1) is 6.92 Å². The van der Waals surface area contributed by atoms with Gasteiger partial charge in [-0.2, -0.15) is 0 Å². The summed E-state index contributed by atoms with van der Waals surface area (Å²) >= 11 is 3.44. The Morgan fingerprint density at radius 3 is 2.06 bits per heavy atom. The van der Waals surface area contributed by atoms with Gasteiger partial charge in [0.15, 0.2) is 0 Å². The van der Waals surface area contributed by atoms with Gasteiger partial charge in [0.1, 0.15) is 0 Å². The third kappa shape index (κ3) is 2.84. The first-order valence-electron chi connectivity index (χ1n) is 5.68. The van der Waals surface area contributed by atoms with Crippen LogP contribution < -0.4 is 0 Å². The molecule has 1 aromatic rings. The molecule has 16 heavy (non-hydrogen) atoms. The van der Waals surface area contributed by atoms with E-state index in [2.05, 4.69) is 47.1 Å². The maximum atomic E-state index is 5.65. The highest BCUT2D eigenvalue weighted by Gasteiger charge is 2.37. The van der Waals surface area contributed by atoms with Crippen molar-refractivity contribution in [2.75, 3.05) is 18.5 Å². The van der Waals surface area contributed by atoms with Crippen molar-refractivity contribution < 1.29 is 9.47 Å². The SMILES string of the molecule is CC.Cc1ccc(C2(CBr)OCCO2)cc1. The first kappa shape index (κ1) is 13.7. The van der Waals surface area contributed by atoms with Crippen LogP contribution in [0.3, 0.4) is 0 Å². The highest BCUT2D eigenvalue weighted by atomic mass is 79.9. The molecule has 90 valence electrons. The fourth-order valence-electron chi connectivity index (χ4n) is 1.58. The van der Waals surface area contributed by atoms with Crippen molar-refractivity contribution in [2.24, 2.45) is 0 Å². The maximum Gasteiger partial charge on any atom is 0.204 e. The summed E-state index contributed by atoms with van der Waals surface area (Å²) in [7, 11) is 0. The predicted octanol–water partition coefficient (Wildman–Crippen LogP) is 3.62. The van der Waals surface area contributed by atoms with Crippen LogP contribution in [0.25, 0.3) is 0 Å². The Bertz CT molecular complexity index is 302. The first-order valence-corrected chi connectivity index (χ1v) is 6.80. The van der Waals surface area contributed by atoms with Crippen molar-refractivity contribution in [3.05, 3.63) is 35.4 Å². The van der Waals surface area contributed by atoms with Crippen LogP contribution in [-0.2, 0) is 15.3 Å². The highest BCUT2D eigenvalue weighted by molar-refractivity contribution is 9.09. The van der Waals surface area contributed by atoms with Gasteiger partial charge in [-0.25, -0.2) is 0 Å². The van der Waals surface area contributed by atoms with Crippen molar-refractivity contribution in [3.8, 4) is 0 Å². The molecule has 0 N–H and O–H groups in total. The van der Waals surface area contributed by atoms with E-state index >= 15 is 0 Å². The molecule has 0 spiro atoms. The quantitative estimate of drug-likeness (QED) is 0.773. The molecule has 0 aromatic heterocycles. The molecule has 3 heteroatoms. The number of hydrogen-bond donors (Lipinski definition) is 0. The second-order valence-corrected chi connectivity index (χ2v) is 4.01. The molecule has 0 unspecified atom stereocenters. The van der Waals surface area contributed by atoms with Crippen LogP contribution >= 0.6 is 15.9 Å². The zero-order valence-electron chi connectivity index (χ0n) is 10.1.